The fourth-order valence-electron chi connectivity index (χ4n) is 1.46. The summed E-state index contributed by atoms with van der Waals surface area (Å²) in [6, 6.07) is 4.30. The summed E-state index contributed by atoms with van der Waals surface area (Å²) in [5.74, 6) is -1.98. The molecule has 98 valence electrons. The lowest BCUT2D eigenvalue weighted by Gasteiger charge is -2.17. The summed E-state index contributed by atoms with van der Waals surface area (Å²) < 4.78 is 13.9. The number of nitrogens with zero attached hydrogens (tertiary/aromatic N) is 1. The molecule has 1 amide bonds. The molecule has 18 heavy (non-hydrogen) atoms. The summed E-state index contributed by atoms with van der Waals surface area (Å²) in [4.78, 5) is 23.6. The molecule has 0 fully saturated rings. The minimum atomic E-state index is -0.914. The van der Waals surface area contributed by atoms with E-state index in [0.717, 1.165) is 0 Å². The van der Waals surface area contributed by atoms with Crippen molar-refractivity contribution in [1.82, 2.24) is 4.90 Å². The maximum Gasteiger partial charge on any atom is 0.303 e. The van der Waals surface area contributed by atoms with Crippen molar-refractivity contribution in [3.63, 3.8) is 0 Å². The van der Waals surface area contributed by atoms with Gasteiger partial charge in [0.15, 0.2) is 0 Å². The van der Waals surface area contributed by atoms with Crippen LogP contribution in [0.5, 0.6) is 0 Å². The third kappa shape index (κ3) is 3.80. The maximum absolute atomic E-state index is 13.5. The normalized spacial score (nSPS) is 10.2. The van der Waals surface area contributed by atoms with E-state index in [2.05, 4.69) is 15.9 Å². The minimum absolute atomic E-state index is 0.0178. The Bertz CT molecular complexity index is 444. The number of carboxylic acid groups (broad SMARTS) is 1. The van der Waals surface area contributed by atoms with E-state index in [1.54, 1.807) is 6.07 Å². The van der Waals surface area contributed by atoms with Gasteiger partial charge in [0.1, 0.15) is 5.82 Å². The number of aliphatic carboxylic acids is 1. The molecule has 0 aromatic heterocycles. The Balaban J connectivity index is 2.72. The van der Waals surface area contributed by atoms with Crippen LogP contribution in [-0.2, 0) is 4.79 Å². The average Bonchev–Trinajstić information content (AvgIpc) is 2.27. The largest absolute Gasteiger partial charge is 0.481 e. The van der Waals surface area contributed by atoms with Crippen LogP contribution in [0.1, 0.15) is 23.2 Å². The van der Waals surface area contributed by atoms with Gasteiger partial charge in [-0.15, -0.1) is 0 Å². The molecule has 4 nitrogen and oxygen atoms in total. The number of carbonyl (C=O) groups is 2. The highest BCUT2D eigenvalue weighted by molar-refractivity contribution is 9.10. The van der Waals surface area contributed by atoms with E-state index in [-0.39, 0.29) is 18.5 Å². The predicted octanol–water partition coefficient (Wildman–Crippen LogP) is 2.53. The second-order valence-corrected chi connectivity index (χ2v) is 4.67. The van der Waals surface area contributed by atoms with Crippen LogP contribution in [0, 0.1) is 5.82 Å². The van der Waals surface area contributed by atoms with E-state index in [1.165, 1.54) is 24.1 Å². The standard InChI is InChI=1S/C12H13BrFNO3/c1-15(7-3-6-10(16)17)12(18)11-8(13)4-2-5-9(11)14/h2,4-5H,3,6-7H2,1H3,(H,16,17). The third-order valence-electron chi connectivity index (χ3n) is 2.41. The zero-order valence-electron chi connectivity index (χ0n) is 9.82. The Morgan fingerprint density at radius 3 is 2.67 bits per heavy atom. The Morgan fingerprint density at radius 1 is 1.44 bits per heavy atom. The molecule has 6 heteroatoms. The van der Waals surface area contributed by atoms with E-state index in [0.29, 0.717) is 10.9 Å². The Labute approximate surface area is 113 Å². The number of carbonyl (C=O) groups excluding carboxylic acids is 1. The molecule has 1 aromatic rings. The SMILES string of the molecule is CN(CCCC(=O)O)C(=O)c1c(F)cccc1Br. The summed E-state index contributed by atoms with van der Waals surface area (Å²) in [6.07, 6.45) is 0.319. The van der Waals surface area contributed by atoms with Crippen LogP contribution >= 0.6 is 15.9 Å². The van der Waals surface area contributed by atoms with Crippen molar-refractivity contribution in [2.45, 2.75) is 12.8 Å². The first-order valence-corrected chi connectivity index (χ1v) is 6.14. The third-order valence-corrected chi connectivity index (χ3v) is 3.07. The molecule has 0 aliphatic carbocycles. The number of halogens is 2. The lowest BCUT2D eigenvalue weighted by atomic mass is 10.2. The van der Waals surface area contributed by atoms with Gasteiger partial charge in [0.05, 0.1) is 5.56 Å². The van der Waals surface area contributed by atoms with Gasteiger partial charge in [-0.3, -0.25) is 9.59 Å². The highest BCUT2D eigenvalue weighted by Crippen LogP contribution is 2.21. The van der Waals surface area contributed by atoms with Gasteiger partial charge in [-0.1, -0.05) is 6.07 Å². The monoisotopic (exact) mass is 317 g/mol. The second-order valence-electron chi connectivity index (χ2n) is 3.82. The molecule has 0 saturated carbocycles. The molecule has 0 saturated heterocycles. The summed E-state index contributed by atoms with van der Waals surface area (Å²) in [6.45, 7) is 0.270. The molecular formula is C12H13BrFNO3. The number of hydrogen-bond donors (Lipinski definition) is 1. The summed E-state index contributed by atoms with van der Waals surface area (Å²) in [7, 11) is 1.52. The van der Waals surface area contributed by atoms with Crippen LogP contribution in [0.25, 0.3) is 0 Å². The molecule has 1 N–H and O–H groups in total. The lowest BCUT2D eigenvalue weighted by Crippen LogP contribution is -2.29. The zero-order chi connectivity index (χ0) is 13.7. The van der Waals surface area contributed by atoms with Gasteiger partial charge < -0.3 is 10.0 Å². The second kappa shape index (κ2) is 6.49. The van der Waals surface area contributed by atoms with Crippen LogP contribution in [0.3, 0.4) is 0 Å². The number of hydrogen-bond acceptors (Lipinski definition) is 2. The van der Waals surface area contributed by atoms with Crippen molar-refractivity contribution in [3.8, 4) is 0 Å². The van der Waals surface area contributed by atoms with Crippen molar-refractivity contribution in [2.75, 3.05) is 13.6 Å². The number of amides is 1. The molecule has 1 aromatic carbocycles. The van der Waals surface area contributed by atoms with E-state index >= 15 is 0 Å². The van der Waals surface area contributed by atoms with E-state index < -0.39 is 17.7 Å². The molecule has 0 unspecified atom stereocenters. The number of rotatable bonds is 5. The predicted molar refractivity (Wildman–Crippen MR) is 67.9 cm³/mol. The van der Waals surface area contributed by atoms with Crippen molar-refractivity contribution < 1.29 is 19.1 Å². The Kier molecular flexibility index (Phi) is 5.27. The van der Waals surface area contributed by atoms with Gasteiger partial charge in [-0.25, -0.2) is 4.39 Å². The van der Waals surface area contributed by atoms with Gasteiger partial charge in [-0.2, -0.15) is 0 Å². The van der Waals surface area contributed by atoms with Crippen LogP contribution in [0.2, 0.25) is 0 Å². The first-order chi connectivity index (χ1) is 8.43. The molecule has 0 aliphatic rings. The molecular weight excluding hydrogens is 305 g/mol. The molecule has 0 bridgehead atoms. The summed E-state index contributed by atoms with van der Waals surface area (Å²) in [5, 5.41) is 8.50. The van der Waals surface area contributed by atoms with Crippen LogP contribution in [0.15, 0.2) is 22.7 Å². The van der Waals surface area contributed by atoms with E-state index in [4.69, 9.17) is 5.11 Å². The van der Waals surface area contributed by atoms with E-state index in [1.807, 2.05) is 0 Å². The van der Waals surface area contributed by atoms with Gasteiger partial charge in [0, 0.05) is 24.5 Å². The molecule has 0 aliphatic heterocycles. The number of benzene rings is 1. The van der Waals surface area contributed by atoms with Crippen molar-refractivity contribution in [1.29, 1.82) is 0 Å². The Morgan fingerprint density at radius 2 is 2.11 bits per heavy atom. The molecule has 0 spiro atoms. The smallest absolute Gasteiger partial charge is 0.303 e. The first-order valence-electron chi connectivity index (χ1n) is 5.34. The van der Waals surface area contributed by atoms with E-state index in [9.17, 15) is 14.0 Å². The van der Waals surface area contributed by atoms with Crippen molar-refractivity contribution in [2.24, 2.45) is 0 Å². The van der Waals surface area contributed by atoms with Gasteiger partial charge >= 0.3 is 5.97 Å². The van der Waals surface area contributed by atoms with Crippen molar-refractivity contribution >= 4 is 27.8 Å². The van der Waals surface area contributed by atoms with Gasteiger partial charge in [0.2, 0.25) is 0 Å². The fourth-order valence-corrected chi connectivity index (χ4v) is 1.97. The fraction of sp³-hybridized carbons (Fsp3) is 0.333. The van der Waals surface area contributed by atoms with Gasteiger partial charge in [-0.05, 0) is 34.5 Å². The average molecular weight is 318 g/mol. The topological polar surface area (TPSA) is 57.6 Å². The molecule has 0 radical (unpaired) electrons. The first kappa shape index (κ1) is 14.6. The quantitative estimate of drug-likeness (QED) is 0.907. The Hall–Kier alpha value is -1.43. The highest BCUT2D eigenvalue weighted by Gasteiger charge is 2.19. The maximum atomic E-state index is 13.5. The molecule has 0 heterocycles. The number of carboxylic acids is 1. The summed E-state index contributed by atoms with van der Waals surface area (Å²) in [5.41, 5.74) is -0.0321. The summed E-state index contributed by atoms with van der Waals surface area (Å²) >= 11 is 3.13. The van der Waals surface area contributed by atoms with Crippen LogP contribution < -0.4 is 0 Å². The molecule has 1 rings (SSSR count). The van der Waals surface area contributed by atoms with Crippen molar-refractivity contribution in [3.05, 3.63) is 34.1 Å². The zero-order valence-corrected chi connectivity index (χ0v) is 11.4. The lowest BCUT2D eigenvalue weighted by molar-refractivity contribution is -0.137. The highest BCUT2D eigenvalue weighted by atomic mass is 79.9. The molecule has 0 atom stereocenters. The van der Waals surface area contributed by atoms with Crippen LogP contribution in [0.4, 0.5) is 4.39 Å². The van der Waals surface area contributed by atoms with Crippen LogP contribution in [-0.4, -0.2) is 35.5 Å². The minimum Gasteiger partial charge on any atom is -0.481 e. The van der Waals surface area contributed by atoms with Gasteiger partial charge in [0.25, 0.3) is 5.91 Å².